The van der Waals surface area contributed by atoms with Gasteiger partial charge in [0.15, 0.2) is 17.5 Å². The molecule has 0 aliphatic heterocycles. The minimum atomic E-state index is 0.0941. The summed E-state index contributed by atoms with van der Waals surface area (Å²) in [6, 6.07) is 5.52. The van der Waals surface area contributed by atoms with Crippen LogP contribution in [0.2, 0.25) is 0 Å². The fourth-order valence-corrected chi connectivity index (χ4v) is 3.38. The number of aliphatic hydroxyl groups is 1. The van der Waals surface area contributed by atoms with Crippen LogP contribution in [-0.2, 0) is 0 Å². The van der Waals surface area contributed by atoms with E-state index in [1.807, 2.05) is 18.2 Å². The molecule has 0 radical (unpaired) electrons. The van der Waals surface area contributed by atoms with Crippen molar-refractivity contribution in [2.45, 2.75) is 38.5 Å². The molecule has 0 heterocycles. The summed E-state index contributed by atoms with van der Waals surface area (Å²) < 4.78 is 10.5. The van der Waals surface area contributed by atoms with Gasteiger partial charge in [-0.25, -0.2) is 0 Å². The van der Waals surface area contributed by atoms with Gasteiger partial charge >= 0.3 is 0 Å². The summed E-state index contributed by atoms with van der Waals surface area (Å²) in [7, 11) is 3.20. The Balaban J connectivity index is 2.02. The predicted molar refractivity (Wildman–Crippen MR) is 96.9 cm³/mol. The first-order valence-electron chi connectivity index (χ1n) is 8.52. The third-order valence-corrected chi connectivity index (χ3v) is 4.80. The summed E-state index contributed by atoms with van der Waals surface area (Å²) in [5.74, 6) is 1.69. The number of nitrogens with two attached hydrogens (primary N) is 1. The number of anilines is 1. The molecule has 1 fully saturated rings. The van der Waals surface area contributed by atoms with Crippen molar-refractivity contribution in [3.8, 4) is 11.5 Å². The van der Waals surface area contributed by atoms with E-state index in [2.05, 4.69) is 10.3 Å². The highest BCUT2D eigenvalue weighted by Crippen LogP contribution is 2.39. The van der Waals surface area contributed by atoms with E-state index in [9.17, 15) is 5.11 Å². The predicted octanol–water partition coefficient (Wildman–Crippen LogP) is 2.76. The summed E-state index contributed by atoms with van der Waals surface area (Å²) in [6.07, 6.45) is 6.70. The Bertz CT molecular complexity index is 549. The second kappa shape index (κ2) is 8.78. The minimum absolute atomic E-state index is 0.0941. The summed E-state index contributed by atoms with van der Waals surface area (Å²) in [5, 5.41) is 12.5. The van der Waals surface area contributed by atoms with Gasteiger partial charge in [0.1, 0.15) is 0 Å². The number of aliphatic hydroxyl groups excluding tert-OH is 1. The van der Waals surface area contributed by atoms with Crippen LogP contribution in [0.4, 0.5) is 5.69 Å². The van der Waals surface area contributed by atoms with Gasteiger partial charge in [-0.1, -0.05) is 19.3 Å². The number of ether oxygens (including phenoxy) is 2. The van der Waals surface area contributed by atoms with E-state index in [4.69, 9.17) is 15.2 Å². The maximum atomic E-state index is 9.37. The number of methoxy groups -OCH3 is 2. The normalized spacial score (nSPS) is 17.4. The minimum Gasteiger partial charge on any atom is -0.493 e. The lowest BCUT2D eigenvalue weighted by atomic mass is 9.72. The molecule has 2 rings (SSSR count). The molecule has 134 valence electrons. The molecule has 6 nitrogen and oxygen atoms in total. The summed E-state index contributed by atoms with van der Waals surface area (Å²) in [4.78, 5) is 4.53. The smallest absolute Gasteiger partial charge is 0.193 e. The summed E-state index contributed by atoms with van der Waals surface area (Å²) in [6.45, 7) is 0.859. The highest BCUT2D eigenvalue weighted by Gasteiger charge is 2.31. The first-order valence-corrected chi connectivity index (χ1v) is 8.52. The molecule has 0 saturated heterocycles. The molecule has 1 aliphatic rings. The van der Waals surface area contributed by atoms with Gasteiger partial charge in [0.2, 0.25) is 0 Å². The number of hydrogen-bond acceptors (Lipinski definition) is 4. The fourth-order valence-electron chi connectivity index (χ4n) is 3.38. The van der Waals surface area contributed by atoms with Gasteiger partial charge in [-0.15, -0.1) is 0 Å². The topological polar surface area (TPSA) is 89.1 Å². The number of hydrogen-bond donors (Lipinski definition) is 3. The average molecular weight is 335 g/mol. The lowest BCUT2D eigenvalue weighted by molar-refractivity contribution is 0.137. The second-order valence-corrected chi connectivity index (χ2v) is 6.43. The van der Waals surface area contributed by atoms with Gasteiger partial charge in [-0.2, -0.15) is 0 Å². The summed E-state index contributed by atoms with van der Waals surface area (Å²) >= 11 is 0. The van der Waals surface area contributed by atoms with E-state index in [1.54, 1.807) is 14.2 Å². The molecular weight excluding hydrogens is 306 g/mol. The van der Waals surface area contributed by atoms with Crippen molar-refractivity contribution < 1.29 is 14.6 Å². The zero-order valence-corrected chi connectivity index (χ0v) is 14.7. The van der Waals surface area contributed by atoms with E-state index >= 15 is 0 Å². The molecule has 0 atom stereocenters. The molecule has 0 aromatic heterocycles. The first-order chi connectivity index (χ1) is 11.6. The Morgan fingerprint density at radius 2 is 1.92 bits per heavy atom. The molecule has 4 N–H and O–H groups in total. The van der Waals surface area contributed by atoms with Crippen molar-refractivity contribution in [3.05, 3.63) is 18.2 Å². The van der Waals surface area contributed by atoms with Crippen LogP contribution in [0.25, 0.3) is 0 Å². The molecule has 1 aliphatic carbocycles. The average Bonchev–Trinajstić information content (AvgIpc) is 2.61. The van der Waals surface area contributed by atoms with Crippen LogP contribution < -0.4 is 20.5 Å². The number of nitrogens with zero attached hydrogens (tertiary/aromatic N) is 1. The SMILES string of the molecule is COc1ccc(NC(N)=NCC2(CCO)CCCCC2)cc1OC. The highest BCUT2D eigenvalue weighted by atomic mass is 16.5. The van der Waals surface area contributed by atoms with Crippen molar-refractivity contribution in [2.24, 2.45) is 16.1 Å². The molecule has 0 amide bonds. The van der Waals surface area contributed by atoms with Crippen LogP contribution in [0.15, 0.2) is 23.2 Å². The van der Waals surface area contributed by atoms with Crippen molar-refractivity contribution in [1.82, 2.24) is 0 Å². The number of guanidine groups is 1. The molecule has 24 heavy (non-hydrogen) atoms. The maximum absolute atomic E-state index is 9.37. The molecule has 1 aromatic carbocycles. The van der Waals surface area contributed by atoms with Crippen molar-refractivity contribution in [3.63, 3.8) is 0 Å². The molecule has 1 saturated carbocycles. The van der Waals surface area contributed by atoms with Gasteiger partial charge in [-0.05, 0) is 36.8 Å². The first kappa shape index (κ1) is 18.4. The van der Waals surface area contributed by atoms with E-state index in [1.165, 1.54) is 19.3 Å². The van der Waals surface area contributed by atoms with Crippen LogP contribution in [0, 0.1) is 5.41 Å². The number of nitrogens with one attached hydrogen (secondary N) is 1. The van der Waals surface area contributed by atoms with Crippen LogP contribution in [0.5, 0.6) is 11.5 Å². The van der Waals surface area contributed by atoms with Crippen molar-refractivity contribution in [1.29, 1.82) is 0 Å². The molecular formula is C18H29N3O3. The standard InChI is InChI=1S/C18H29N3O3/c1-23-15-7-6-14(12-16(15)24-2)21-17(19)20-13-18(10-11-22)8-4-3-5-9-18/h6-7,12,22H,3-5,8-11,13H2,1-2H3,(H3,19,20,21). The Morgan fingerprint density at radius 3 is 2.54 bits per heavy atom. The van der Waals surface area contributed by atoms with Gasteiger partial charge in [0, 0.05) is 24.9 Å². The van der Waals surface area contributed by atoms with Gasteiger partial charge < -0.3 is 25.6 Å². The number of aliphatic imine (C=N–C) groups is 1. The van der Waals surface area contributed by atoms with Crippen LogP contribution in [0.1, 0.15) is 38.5 Å². The fraction of sp³-hybridized carbons (Fsp3) is 0.611. The van der Waals surface area contributed by atoms with Crippen molar-refractivity contribution >= 4 is 11.6 Å². The van der Waals surface area contributed by atoms with Gasteiger partial charge in [0.25, 0.3) is 0 Å². The molecule has 0 spiro atoms. The molecule has 0 bridgehead atoms. The van der Waals surface area contributed by atoms with E-state index < -0.39 is 0 Å². The number of rotatable bonds is 7. The highest BCUT2D eigenvalue weighted by molar-refractivity contribution is 5.92. The summed E-state index contributed by atoms with van der Waals surface area (Å²) in [5.41, 5.74) is 6.94. The van der Waals surface area contributed by atoms with Crippen LogP contribution in [-0.4, -0.2) is 38.4 Å². The zero-order valence-electron chi connectivity index (χ0n) is 14.7. The molecule has 0 unspecified atom stereocenters. The van der Waals surface area contributed by atoms with Crippen LogP contribution >= 0.6 is 0 Å². The van der Waals surface area contributed by atoms with E-state index in [0.29, 0.717) is 24.0 Å². The third kappa shape index (κ3) is 4.77. The Labute approximate surface area is 144 Å². The largest absolute Gasteiger partial charge is 0.493 e. The van der Waals surface area contributed by atoms with Crippen molar-refractivity contribution in [2.75, 3.05) is 32.7 Å². The Kier molecular flexibility index (Phi) is 6.73. The van der Waals surface area contributed by atoms with E-state index in [-0.39, 0.29) is 12.0 Å². The maximum Gasteiger partial charge on any atom is 0.193 e. The monoisotopic (exact) mass is 335 g/mol. The lowest BCUT2D eigenvalue weighted by Crippen LogP contribution is -2.31. The van der Waals surface area contributed by atoms with Crippen LogP contribution in [0.3, 0.4) is 0 Å². The molecule has 6 heteroatoms. The third-order valence-electron chi connectivity index (χ3n) is 4.80. The lowest BCUT2D eigenvalue weighted by Gasteiger charge is -2.35. The molecule has 1 aromatic rings. The van der Waals surface area contributed by atoms with E-state index in [0.717, 1.165) is 24.9 Å². The number of benzene rings is 1. The quantitative estimate of drug-likeness (QED) is 0.527. The Hall–Kier alpha value is -1.95. The van der Waals surface area contributed by atoms with Gasteiger partial charge in [-0.3, -0.25) is 4.99 Å². The zero-order chi connectivity index (χ0) is 17.4. The second-order valence-electron chi connectivity index (χ2n) is 6.43. The van der Waals surface area contributed by atoms with Gasteiger partial charge in [0.05, 0.1) is 14.2 Å². The Morgan fingerprint density at radius 1 is 1.21 bits per heavy atom.